The van der Waals surface area contributed by atoms with Gasteiger partial charge in [-0.25, -0.2) is 0 Å². The molecule has 1 amide bonds. The zero-order valence-corrected chi connectivity index (χ0v) is 12.8. The van der Waals surface area contributed by atoms with E-state index in [1.807, 2.05) is 30.3 Å². The lowest BCUT2D eigenvalue weighted by molar-refractivity contribution is 0.0708. The fourth-order valence-corrected chi connectivity index (χ4v) is 2.60. The lowest BCUT2D eigenvalue weighted by atomic mass is 10.1. The maximum absolute atomic E-state index is 12.6. The van der Waals surface area contributed by atoms with Gasteiger partial charge < -0.3 is 10.0 Å². The number of amides is 1. The summed E-state index contributed by atoms with van der Waals surface area (Å²) in [6, 6.07) is 14.5. The first-order chi connectivity index (χ1) is 10.1. The van der Waals surface area contributed by atoms with E-state index < -0.39 is 0 Å². The number of rotatable bonds is 5. The molecule has 5 heteroatoms. The third-order valence-electron chi connectivity index (χ3n) is 3.05. The number of hydrogen-bond acceptors (Lipinski definition) is 2. The first-order valence-corrected chi connectivity index (χ1v) is 7.27. The van der Waals surface area contributed by atoms with Crippen molar-refractivity contribution in [2.75, 3.05) is 13.2 Å². The summed E-state index contributed by atoms with van der Waals surface area (Å²) in [7, 11) is 0. The topological polar surface area (TPSA) is 40.5 Å². The van der Waals surface area contributed by atoms with E-state index in [9.17, 15) is 9.90 Å². The highest BCUT2D eigenvalue weighted by atomic mass is 35.5. The highest BCUT2D eigenvalue weighted by molar-refractivity contribution is 6.39. The van der Waals surface area contributed by atoms with Gasteiger partial charge in [0.1, 0.15) is 0 Å². The quantitative estimate of drug-likeness (QED) is 0.912. The normalized spacial score (nSPS) is 10.4. The number of nitrogens with zero attached hydrogens (tertiary/aromatic N) is 1. The molecule has 2 aromatic rings. The molecule has 0 heterocycles. The summed E-state index contributed by atoms with van der Waals surface area (Å²) in [5.74, 6) is -0.288. The van der Waals surface area contributed by atoms with Gasteiger partial charge in [-0.15, -0.1) is 0 Å². The maximum Gasteiger partial charge on any atom is 0.257 e. The molecule has 0 fully saturated rings. The van der Waals surface area contributed by atoms with Crippen LogP contribution in [-0.2, 0) is 6.54 Å². The van der Waals surface area contributed by atoms with Crippen LogP contribution in [0.25, 0.3) is 0 Å². The Bertz CT molecular complexity index is 597. The van der Waals surface area contributed by atoms with Gasteiger partial charge in [0.05, 0.1) is 22.2 Å². The second kappa shape index (κ2) is 7.46. The van der Waals surface area contributed by atoms with Crippen molar-refractivity contribution in [1.29, 1.82) is 0 Å². The summed E-state index contributed by atoms with van der Waals surface area (Å²) < 4.78 is 0. The van der Waals surface area contributed by atoms with Crippen LogP contribution in [0.2, 0.25) is 10.0 Å². The van der Waals surface area contributed by atoms with Crippen molar-refractivity contribution >= 4 is 29.1 Å². The van der Waals surface area contributed by atoms with Gasteiger partial charge in [-0.1, -0.05) is 59.6 Å². The molecule has 0 aliphatic heterocycles. The van der Waals surface area contributed by atoms with Gasteiger partial charge >= 0.3 is 0 Å². The van der Waals surface area contributed by atoms with Crippen molar-refractivity contribution in [3.63, 3.8) is 0 Å². The molecule has 0 bridgehead atoms. The summed E-state index contributed by atoms with van der Waals surface area (Å²) >= 11 is 12.2. The van der Waals surface area contributed by atoms with Gasteiger partial charge in [-0.2, -0.15) is 0 Å². The Balaban J connectivity index is 2.27. The second-order valence-corrected chi connectivity index (χ2v) is 5.35. The fourth-order valence-electron chi connectivity index (χ4n) is 2.04. The van der Waals surface area contributed by atoms with E-state index in [2.05, 4.69) is 0 Å². The summed E-state index contributed by atoms with van der Waals surface area (Å²) in [6.07, 6.45) is 0. The minimum absolute atomic E-state index is 0.124. The van der Waals surface area contributed by atoms with Crippen LogP contribution < -0.4 is 0 Å². The Morgan fingerprint density at radius 3 is 2.19 bits per heavy atom. The number of halogens is 2. The molecule has 2 aromatic carbocycles. The zero-order valence-electron chi connectivity index (χ0n) is 11.3. The largest absolute Gasteiger partial charge is 0.395 e. The van der Waals surface area contributed by atoms with Gasteiger partial charge in [0.15, 0.2) is 0 Å². The molecule has 0 radical (unpaired) electrons. The Labute approximate surface area is 133 Å². The molecule has 2 rings (SSSR count). The predicted molar refractivity (Wildman–Crippen MR) is 84.7 cm³/mol. The van der Waals surface area contributed by atoms with Crippen LogP contribution >= 0.6 is 23.2 Å². The van der Waals surface area contributed by atoms with Gasteiger partial charge in [0.2, 0.25) is 0 Å². The number of benzene rings is 2. The van der Waals surface area contributed by atoms with Gasteiger partial charge in [-0.3, -0.25) is 4.79 Å². The molecule has 0 saturated heterocycles. The van der Waals surface area contributed by atoms with E-state index >= 15 is 0 Å². The molecule has 0 atom stereocenters. The molecular formula is C16H15Cl2NO2. The van der Waals surface area contributed by atoms with Crippen LogP contribution in [0.4, 0.5) is 0 Å². The molecule has 110 valence electrons. The van der Waals surface area contributed by atoms with Crippen molar-refractivity contribution in [1.82, 2.24) is 4.90 Å². The molecule has 0 aromatic heterocycles. The third kappa shape index (κ3) is 3.97. The molecule has 0 spiro atoms. The molecule has 0 aliphatic carbocycles. The van der Waals surface area contributed by atoms with E-state index in [1.165, 1.54) is 4.90 Å². The molecule has 3 nitrogen and oxygen atoms in total. The molecular weight excluding hydrogens is 309 g/mol. The number of hydrogen-bond donors (Lipinski definition) is 1. The van der Waals surface area contributed by atoms with E-state index in [4.69, 9.17) is 23.2 Å². The summed E-state index contributed by atoms with van der Waals surface area (Å²) in [5, 5.41) is 9.81. The minimum Gasteiger partial charge on any atom is -0.395 e. The van der Waals surface area contributed by atoms with Crippen molar-refractivity contribution in [3.05, 3.63) is 69.7 Å². The van der Waals surface area contributed by atoms with Gasteiger partial charge in [-0.05, 0) is 17.7 Å². The highest BCUT2D eigenvalue weighted by Crippen LogP contribution is 2.26. The Hall–Kier alpha value is -1.55. The molecule has 21 heavy (non-hydrogen) atoms. The van der Waals surface area contributed by atoms with E-state index in [-0.39, 0.29) is 24.6 Å². The van der Waals surface area contributed by atoms with E-state index in [0.717, 1.165) is 5.56 Å². The average Bonchev–Trinajstić information content (AvgIpc) is 2.47. The monoisotopic (exact) mass is 323 g/mol. The Morgan fingerprint density at radius 1 is 1.00 bits per heavy atom. The molecule has 0 aliphatic rings. The standard InChI is InChI=1S/C16H15Cl2NO2/c17-13-7-4-8-14(18)15(13)16(21)19(9-10-20)11-12-5-2-1-3-6-12/h1-8,20H,9-11H2. The minimum atomic E-state index is -0.288. The smallest absolute Gasteiger partial charge is 0.257 e. The van der Waals surface area contributed by atoms with E-state index in [1.54, 1.807) is 18.2 Å². The van der Waals surface area contributed by atoms with Crippen LogP contribution in [-0.4, -0.2) is 29.1 Å². The first kappa shape index (κ1) is 15.8. The lowest BCUT2D eigenvalue weighted by Crippen LogP contribution is -2.33. The van der Waals surface area contributed by atoms with Gasteiger partial charge in [0.25, 0.3) is 5.91 Å². The lowest BCUT2D eigenvalue weighted by Gasteiger charge is -2.23. The van der Waals surface area contributed by atoms with Crippen molar-refractivity contribution in [2.24, 2.45) is 0 Å². The summed E-state index contributed by atoms with van der Waals surface area (Å²) in [6.45, 7) is 0.484. The van der Waals surface area contributed by atoms with Crippen LogP contribution in [0.1, 0.15) is 15.9 Å². The fraction of sp³-hybridized carbons (Fsp3) is 0.188. The number of aliphatic hydroxyl groups excluding tert-OH is 1. The highest BCUT2D eigenvalue weighted by Gasteiger charge is 2.21. The Kier molecular flexibility index (Phi) is 5.62. The number of aliphatic hydroxyl groups is 1. The van der Waals surface area contributed by atoms with Crippen molar-refractivity contribution < 1.29 is 9.90 Å². The first-order valence-electron chi connectivity index (χ1n) is 6.51. The number of carbonyl (C=O) groups is 1. The maximum atomic E-state index is 12.6. The van der Waals surface area contributed by atoms with E-state index in [0.29, 0.717) is 16.6 Å². The third-order valence-corrected chi connectivity index (χ3v) is 3.68. The molecule has 0 unspecified atom stereocenters. The predicted octanol–water partition coefficient (Wildman–Crippen LogP) is 3.63. The molecule has 1 N–H and O–H groups in total. The van der Waals surface area contributed by atoms with Crippen LogP contribution in [0.5, 0.6) is 0 Å². The number of carbonyl (C=O) groups excluding carboxylic acids is 1. The zero-order chi connectivity index (χ0) is 15.2. The average molecular weight is 324 g/mol. The van der Waals surface area contributed by atoms with Crippen LogP contribution in [0, 0.1) is 0 Å². The van der Waals surface area contributed by atoms with Crippen LogP contribution in [0.15, 0.2) is 48.5 Å². The summed E-state index contributed by atoms with van der Waals surface area (Å²) in [5.41, 5.74) is 1.24. The Morgan fingerprint density at radius 2 is 1.62 bits per heavy atom. The second-order valence-electron chi connectivity index (χ2n) is 4.53. The molecule has 0 saturated carbocycles. The summed E-state index contributed by atoms with van der Waals surface area (Å²) in [4.78, 5) is 14.2. The van der Waals surface area contributed by atoms with Crippen molar-refractivity contribution in [2.45, 2.75) is 6.54 Å². The van der Waals surface area contributed by atoms with Crippen molar-refractivity contribution in [3.8, 4) is 0 Å². The SMILES string of the molecule is O=C(c1c(Cl)cccc1Cl)N(CCO)Cc1ccccc1. The van der Waals surface area contributed by atoms with Crippen LogP contribution in [0.3, 0.4) is 0 Å². The van der Waals surface area contributed by atoms with Gasteiger partial charge in [0, 0.05) is 13.1 Å².